The summed E-state index contributed by atoms with van der Waals surface area (Å²) >= 11 is 0. The molecule has 0 heterocycles. The third-order valence-electron chi connectivity index (χ3n) is 5.53. The SMILES string of the molecule is CC1CC(C)CC2(CCCC(C)C2)CC(C)(C)C1. The Hall–Kier alpha value is 0. The molecule has 0 saturated heterocycles. The first kappa shape index (κ1) is 14.4. The first-order valence-corrected chi connectivity index (χ1v) is 8.30. The number of hydrogen-bond acceptors (Lipinski definition) is 0. The van der Waals surface area contributed by atoms with Crippen molar-refractivity contribution in [3.8, 4) is 0 Å². The molecule has 0 aliphatic heterocycles. The summed E-state index contributed by atoms with van der Waals surface area (Å²) < 4.78 is 0. The molecule has 2 fully saturated rings. The fourth-order valence-electron chi connectivity index (χ4n) is 5.81. The van der Waals surface area contributed by atoms with Crippen molar-refractivity contribution in [3.05, 3.63) is 0 Å². The molecule has 2 aliphatic rings. The Balaban J connectivity index is 2.17. The molecule has 2 aliphatic carbocycles. The van der Waals surface area contributed by atoms with Crippen LogP contribution < -0.4 is 0 Å². The van der Waals surface area contributed by atoms with E-state index in [0.717, 1.165) is 17.8 Å². The summed E-state index contributed by atoms with van der Waals surface area (Å²) in [6.45, 7) is 12.5. The maximum Gasteiger partial charge on any atom is -0.0287 e. The Labute approximate surface area is 115 Å². The van der Waals surface area contributed by atoms with E-state index >= 15 is 0 Å². The number of hydrogen-bond donors (Lipinski definition) is 0. The third kappa shape index (κ3) is 3.52. The lowest BCUT2D eigenvalue weighted by Crippen LogP contribution is -2.37. The summed E-state index contributed by atoms with van der Waals surface area (Å²) in [4.78, 5) is 0. The largest absolute Gasteiger partial charge is 0.0625 e. The van der Waals surface area contributed by atoms with E-state index in [1.807, 2.05) is 0 Å². The van der Waals surface area contributed by atoms with Gasteiger partial charge in [-0.1, -0.05) is 47.5 Å². The molecule has 0 aromatic carbocycles. The molecule has 0 aromatic rings. The van der Waals surface area contributed by atoms with E-state index in [0.29, 0.717) is 10.8 Å². The molecule has 1 spiro atoms. The van der Waals surface area contributed by atoms with E-state index in [9.17, 15) is 0 Å². The smallest absolute Gasteiger partial charge is 0.0287 e. The molecular weight excluding hydrogens is 216 g/mol. The van der Waals surface area contributed by atoms with E-state index < -0.39 is 0 Å². The zero-order valence-electron chi connectivity index (χ0n) is 13.4. The average molecular weight is 250 g/mol. The molecule has 0 radical (unpaired) electrons. The van der Waals surface area contributed by atoms with Gasteiger partial charge >= 0.3 is 0 Å². The fourth-order valence-corrected chi connectivity index (χ4v) is 5.81. The molecule has 18 heavy (non-hydrogen) atoms. The zero-order chi connectivity index (χ0) is 13.4. The van der Waals surface area contributed by atoms with Crippen LogP contribution in [0.4, 0.5) is 0 Å². The summed E-state index contributed by atoms with van der Waals surface area (Å²) in [5, 5.41) is 0. The highest BCUT2D eigenvalue weighted by Crippen LogP contribution is 2.54. The van der Waals surface area contributed by atoms with E-state index in [1.165, 1.54) is 51.4 Å². The first-order chi connectivity index (χ1) is 8.30. The summed E-state index contributed by atoms with van der Waals surface area (Å²) in [5.41, 5.74) is 1.26. The van der Waals surface area contributed by atoms with Crippen LogP contribution in [-0.2, 0) is 0 Å². The monoisotopic (exact) mass is 250 g/mol. The van der Waals surface area contributed by atoms with E-state index in [-0.39, 0.29) is 0 Å². The predicted molar refractivity (Wildman–Crippen MR) is 80.6 cm³/mol. The predicted octanol–water partition coefficient (Wildman–Crippen LogP) is 6.06. The number of rotatable bonds is 0. The van der Waals surface area contributed by atoms with Gasteiger partial charge < -0.3 is 0 Å². The highest BCUT2D eigenvalue weighted by molar-refractivity contribution is 4.93. The lowest BCUT2D eigenvalue weighted by molar-refractivity contribution is 0.0247. The van der Waals surface area contributed by atoms with Crippen molar-refractivity contribution in [3.63, 3.8) is 0 Å². The standard InChI is InChI=1S/C18H34/c1-14-7-6-8-18(11-14)12-16(3)9-15(2)10-17(4,5)13-18/h14-16H,6-13H2,1-5H3. The minimum Gasteiger partial charge on any atom is -0.0625 e. The zero-order valence-corrected chi connectivity index (χ0v) is 13.4. The van der Waals surface area contributed by atoms with Crippen molar-refractivity contribution in [2.45, 2.75) is 86.0 Å². The van der Waals surface area contributed by atoms with Gasteiger partial charge in [0.25, 0.3) is 0 Å². The topological polar surface area (TPSA) is 0 Å². The molecule has 0 amide bonds. The van der Waals surface area contributed by atoms with Gasteiger partial charge in [0.2, 0.25) is 0 Å². The fraction of sp³-hybridized carbons (Fsp3) is 1.00. The Morgan fingerprint density at radius 2 is 1.44 bits per heavy atom. The molecule has 0 N–H and O–H groups in total. The van der Waals surface area contributed by atoms with Gasteiger partial charge in [-0.25, -0.2) is 0 Å². The lowest BCUT2D eigenvalue weighted by atomic mass is 9.57. The van der Waals surface area contributed by atoms with Crippen LogP contribution in [0.5, 0.6) is 0 Å². The van der Waals surface area contributed by atoms with Gasteiger partial charge in [0.15, 0.2) is 0 Å². The molecule has 106 valence electrons. The molecule has 0 aromatic heterocycles. The minimum atomic E-state index is 0.566. The van der Waals surface area contributed by atoms with Crippen LogP contribution in [0.1, 0.15) is 86.0 Å². The Bertz CT molecular complexity index is 278. The maximum atomic E-state index is 2.53. The Morgan fingerprint density at radius 3 is 2.11 bits per heavy atom. The van der Waals surface area contributed by atoms with Crippen molar-refractivity contribution in [2.24, 2.45) is 28.6 Å². The Morgan fingerprint density at radius 1 is 0.833 bits per heavy atom. The van der Waals surface area contributed by atoms with E-state index in [2.05, 4.69) is 34.6 Å². The van der Waals surface area contributed by atoms with Crippen LogP contribution in [0.25, 0.3) is 0 Å². The summed E-state index contributed by atoms with van der Waals surface area (Å²) in [6.07, 6.45) is 11.9. The van der Waals surface area contributed by atoms with Gasteiger partial charge in [0.1, 0.15) is 0 Å². The second-order valence-corrected chi connectivity index (χ2v) is 8.90. The van der Waals surface area contributed by atoms with Crippen LogP contribution in [0.2, 0.25) is 0 Å². The highest BCUT2D eigenvalue weighted by Gasteiger charge is 2.42. The lowest BCUT2D eigenvalue weighted by Gasteiger charge is -2.49. The summed E-state index contributed by atoms with van der Waals surface area (Å²) in [7, 11) is 0. The molecule has 2 rings (SSSR count). The molecule has 2 saturated carbocycles. The van der Waals surface area contributed by atoms with Crippen molar-refractivity contribution in [2.75, 3.05) is 0 Å². The Kier molecular flexibility index (Phi) is 4.14. The minimum absolute atomic E-state index is 0.566. The van der Waals surface area contributed by atoms with E-state index in [4.69, 9.17) is 0 Å². The normalized spacial score (nSPS) is 45.5. The van der Waals surface area contributed by atoms with Crippen LogP contribution in [0, 0.1) is 28.6 Å². The van der Waals surface area contributed by atoms with Crippen molar-refractivity contribution >= 4 is 0 Å². The van der Waals surface area contributed by atoms with Crippen LogP contribution in [0.15, 0.2) is 0 Å². The van der Waals surface area contributed by atoms with Gasteiger partial charge in [-0.3, -0.25) is 0 Å². The van der Waals surface area contributed by atoms with Gasteiger partial charge in [0.05, 0.1) is 0 Å². The van der Waals surface area contributed by atoms with Crippen molar-refractivity contribution in [1.29, 1.82) is 0 Å². The first-order valence-electron chi connectivity index (χ1n) is 8.30. The quantitative estimate of drug-likeness (QED) is 0.490. The third-order valence-corrected chi connectivity index (χ3v) is 5.53. The van der Waals surface area contributed by atoms with Gasteiger partial charge in [0, 0.05) is 0 Å². The van der Waals surface area contributed by atoms with Crippen molar-refractivity contribution < 1.29 is 0 Å². The summed E-state index contributed by atoms with van der Waals surface area (Å²) in [6, 6.07) is 0. The van der Waals surface area contributed by atoms with Crippen LogP contribution >= 0.6 is 0 Å². The molecule has 0 nitrogen and oxygen atoms in total. The van der Waals surface area contributed by atoms with Gasteiger partial charge in [-0.05, 0) is 67.1 Å². The van der Waals surface area contributed by atoms with Gasteiger partial charge in [-0.2, -0.15) is 0 Å². The van der Waals surface area contributed by atoms with Gasteiger partial charge in [-0.15, -0.1) is 0 Å². The molecule has 0 heteroatoms. The molecule has 0 bridgehead atoms. The average Bonchev–Trinajstić information content (AvgIpc) is 2.11. The second kappa shape index (κ2) is 5.17. The summed E-state index contributed by atoms with van der Waals surface area (Å²) in [5.74, 6) is 2.84. The van der Waals surface area contributed by atoms with Crippen LogP contribution in [-0.4, -0.2) is 0 Å². The van der Waals surface area contributed by atoms with Crippen LogP contribution in [0.3, 0.4) is 0 Å². The molecule has 4 atom stereocenters. The molecule has 4 unspecified atom stereocenters. The van der Waals surface area contributed by atoms with E-state index in [1.54, 1.807) is 0 Å². The highest BCUT2D eigenvalue weighted by atomic mass is 14.5. The molecular formula is C18H34. The maximum absolute atomic E-state index is 2.53. The second-order valence-electron chi connectivity index (χ2n) is 8.90. The van der Waals surface area contributed by atoms with Crippen molar-refractivity contribution in [1.82, 2.24) is 0 Å².